The summed E-state index contributed by atoms with van der Waals surface area (Å²) in [6, 6.07) is 2.23. The van der Waals surface area contributed by atoms with Crippen molar-refractivity contribution in [2.45, 2.75) is 25.7 Å². The maximum absolute atomic E-state index is 3.64. The maximum atomic E-state index is 3.64. The second-order valence-electron chi connectivity index (χ2n) is 3.61. The highest BCUT2D eigenvalue weighted by Crippen LogP contribution is 2.36. The van der Waals surface area contributed by atoms with Gasteiger partial charge in [0.25, 0.3) is 0 Å². The number of hydrogen-bond acceptors (Lipinski definition) is 2. The van der Waals surface area contributed by atoms with E-state index in [4.69, 9.17) is 0 Å². The molecule has 0 amide bonds. The van der Waals surface area contributed by atoms with Crippen LogP contribution in [-0.2, 0) is 0 Å². The van der Waals surface area contributed by atoms with Gasteiger partial charge in [-0.1, -0.05) is 0 Å². The van der Waals surface area contributed by atoms with Gasteiger partial charge in [-0.25, -0.2) is 0 Å². The van der Waals surface area contributed by atoms with Crippen molar-refractivity contribution in [2.24, 2.45) is 0 Å². The Bertz CT molecular complexity index is 289. The first kappa shape index (κ1) is 9.69. The number of piperidine rings is 1. The molecule has 1 saturated heterocycles. The Hall–Kier alpha value is 0.140. The van der Waals surface area contributed by atoms with E-state index in [0.29, 0.717) is 0 Å². The molecule has 0 saturated carbocycles. The highest BCUT2D eigenvalue weighted by Gasteiger charge is 2.19. The maximum Gasteiger partial charge on any atom is 0.0320 e. The summed E-state index contributed by atoms with van der Waals surface area (Å²) in [5.74, 6) is 0.738. The van der Waals surface area contributed by atoms with Gasteiger partial charge in [-0.05, 0) is 48.3 Å². The van der Waals surface area contributed by atoms with Crippen LogP contribution in [0.1, 0.15) is 28.5 Å². The fourth-order valence-electron chi connectivity index (χ4n) is 1.86. The van der Waals surface area contributed by atoms with E-state index in [9.17, 15) is 0 Å². The van der Waals surface area contributed by atoms with Gasteiger partial charge in [-0.15, -0.1) is 11.3 Å². The third kappa shape index (κ3) is 2.14. The minimum atomic E-state index is 0.738. The fraction of sp³-hybridized carbons (Fsp3) is 0.600. The molecule has 72 valence electrons. The van der Waals surface area contributed by atoms with Crippen LogP contribution < -0.4 is 5.32 Å². The molecule has 0 radical (unpaired) electrons. The molecule has 1 atom stereocenters. The van der Waals surface area contributed by atoms with Gasteiger partial charge in [-0.3, -0.25) is 0 Å². The smallest absolute Gasteiger partial charge is 0.0320 e. The molecule has 1 nitrogen and oxygen atoms in total. The number of rotatable bonds is 1. The Balaban J connectivity index is 2.18. The van der Waals surface area contributed by atoms with E-state index in [1.54, 1.807) is 0 Å². The van der Waals surface area contributed by atoms with Crippen LogP contribution >= 0.6 is 27.3 Å². The van der Waals surface area contributed by atoms with Crippen LogP contribution in [0.5, 0.6) is 0 Å². The predicted molar refractivity (Wildman–Crippen MR) is 61.6 cm³/mol. The lowest BCUT2D eigenvalue weighted by atomic mass is 9.98. The first-order valence-corrected chi connectivity index (χ1v) is 6.35. The van der Waals surface area contributed by atoms with Gasteiger partial charge in [0, 0.05) is 26.7 Å². The molecule has 2 heterocycles. The summed E-state index contributed by atoms with van der Waals surface area (Å²) in [6.45, 7) is 4.52. The fourth-order valence-corrected chi connectivity index (χ4v) is 3.96. The number of thiophene rings is 1. The topological polar surface area (TPSA) is 12.0 Å². The van der Waals surface area contributed by atoms with Crippen LogP contribution in [0, 0.1) is 6.92 Å². The monoisotopic (exact) mass is 259 g/mol. The first-order valence-electron chi connectivity index (χ1n) is 4.74. The lowest BCUT2D eigenvalue weighted by Gasteiger charge is -2.21. The van der Waals surface area contributed by atoms with Crippen LogP contribution in [0.15, 0.2) is 10.5 Å². The van der Waals surface area contributed by atoms with Crippen LogP contribution in [0.25, 0.3) is 0 Å². The Labute approximate surface area is 91.7 Å². The van der Waals surface area contributed by atoms with Gasteiger partial charge in [0.2, 0.25) is 0 Å². The second-order valence-corrected chi connectivity index (χ2v) is 5.75. The molecule has 1 aromatic rings. The summed E-state index contributed by atoms with van der Waals surface area (Å²) in [6.07, 6.45) is 2.65. The normalized spacial score (nSPS) is 23.4. The molecule has 0 aliphatic carbocycles. The van der Waals surface area contributed by atoms with E-state index in [1.165, 1.54) is 33.6 Å². The van der Waals surface area contributed by atoms with Crippen molar-refractivity contribution < 1.29 is 0 Å². The molecule has 0 spiro atoms. The standard InChI is InChI=1S/C10H14BrNS/c1-7-5-9(11)10(13-7)8-3-2-4-12-6-8/h5,8,12H,2-4,6H2,1H3. The third-order valence-corrected chi connectivity index (χ3v) is 4.64. The minimum absolute atomic E-state index is 0.738. The Morgan fingerprint density at radius 1 is 1.62 bits per heavy atom. The summed E-state index contributed by atoms with van der Waals surface area (Å²) in [7, 11) is 0. The minimum Gasteiger partial charge on any atom is -0.316 e. The van der Waals surface area contributed by atoms with Gasteiger partial charge in [0.15, 0.2) is 0 Å². The van der Waals surface area contributed by atoms with Gasteiger partial charge < -0.3 is 5.32 Å². The Kier molecular flexibility index (Phi) is 3.06. The predicted octanol–water partition coefficient (Wildman–Crippen LogP) is 3.29. The number of hydrogen-bond donors (Lipinski definition) is 1. The number of halogens is 1. The molecular weight excluding hydrogens is 246 g/mol. The largest absolute Gasteiger partial charge is 0.316 e. The van der Waals surface area contributed by atoms with Gasteiger partial charge in [-0.2, -0.15) is 0 Å². The van der Waals surface area contributed by atoms with Gasteiger partial charge >= 0.3 is 0 Å². The van der Waals surface area contributed by atoms with Crippen molar-refractivity contribution in [3.05, 3.63) is 20.3 Å². The zero-order chi connectivity index (χ0) is 9.26. The lowest BCUT2D eigenvalue weighted by Crippen LogP contribution is -2.28. The molecule has 0 aromatic carbocycles. The molecular formula is C10H14BrNS. The summed E-state index contributed by atoms with van der Waals surface area (Å²) < 4.78 is 1.31. The van der Waals surface area contributed by atoms with Crippen LogP contribution in [0.2, 0.25) is 0 Å². The van der Waals surface area contributed by atoms with E-state index in [2.05, 4.69) is 34.2 Å². The number of aryl methyl sites for hydroxylation is 1. The molecule has 1 aliphatic rings. The van der Waals surface area contributed by atoms with Gasteiger partial charge in [0.1, 0.15) is 0 Å². The first-order chi connectivity index (χ1) is 6.27. The summed E-state index contributed by atoms with van der Waals surface area (Å²) in [5.41, 5.74) is 0. The molecule has 1 aliphatic heterocycles. The lowest BCUT2D eigenvalue weighted by molar-refractivity contribution is 0.465. The third-order valence-electron chi connectivity index (χ3n) is 2.50. The Morgan fingerprint density at radius 2 is 2.46 bits per heavy atom. The summed E-state index contributed by atoms with van der Waals surface area (Å²) >= 11 is 5.57. The van der Waals surface area contributed by atoms with Crippen molar-refractivity contribution in [2.75, 3.05) is 13.1 Å². The van der Waals surface area contributed by atoms with Crippen molar-refractivity contribution in [3.8, 4) is 0 Å². The zero-order valence-corrected chi connectivity index (χ0v) is 10.2. The summed E-state index contributed by atoms with van der Waals surface area (Å²) in [5, 5.41) is 3.46. The van der Waals surface area contributed by atoms with E-state index >= 15 is 0 Å². The van der Waals surface area contributed by atoms with E-state index < -0.39 is 0 Å². The average molecular weight is 260 g/mol. The molecule has 3 heteroatoms. The molecule has 1 fully saturated rings. The van der Waals surface area contributed by atoms with Crippen molar-refractivity contribution in [1.29, 1.82) is 0 Å². The Morgan fingerprint density at radius 3 is 3.00 bits per heavy atom. The van der Waals surface area contributed by atoms with Crippen LogP contribution in [-0.4, -0.2) is 13.1 Å². The van der Waals surface area contributed by atoms with Crippen LogP contribution in [0.3, 0.4) is 0 Å². The summed E-state index contributed by atoms with van der Waals surface area (Å²) in [4.78, 5) is 2.94. The second kappa shape index (κ2) is 4.11. The quantitative estimate of drug-likeness (QED) is 0.817. The van der Waals surface area contributed by atoms with Crippen molar-refractivity contribution in [1.82, 2.24) is 5.32 Å². The molecule has 2 rings (SSSR count). The molecule has 1 N–H and O–H groups in total. The van der Waals surface area contributed by atoms with Crippen molar-refractivity contribution >= 4 is 27.3 Å². The molecule has 0 bridgehead atoms. The van der Waals surface area contributed by atoms with Crippen LogP contribution in [0.4, 0.5) is 0 Å². The van der Waals surface area contributed by atoms with Crippen molar-refractivity contribution in [3.63, 3.8) is 0 Å². The van der Waals surface area contributed by atoms with Gasteiger partial charge in [0.05, 0.1) is 0 Å². The molecule has 13 heavy (non-hydrogen) atoms. The van der Waals surface area contributed by atoms with E-state index in [0.717, 1.165) is 12.5 Å². The average Bonchev–Trinajstić information content (AvgIpc) is 2.47. The zero-order valence-electron chi connectivity index (χ0n) is 7.77. The highest BCUT2D eigenvalue weighted by atomic mass is 79.9. The highest BCUT2D eigenvalue weighted by molar-refractivity contribution is 9.10. The SMILES string of the molecule is Cc1cc(Br)c(C2CCCNC2)s1. The molecule has 1 unspecified atom stereocenters. The van der Waals surface area contributed by atoms with E-state index in [-0.39, 0.29) is 0 Å². The van der Waals surface area contributed by atoms with E-state index in [1.807, 2.05) is 11.3 Å². The molecule has 1 aromatic heterocycles. The number of nitrogens with one attached hydrogen (secondary N) is 1.